The van der Waals surface area contributed by atoms with E-state index >= 15 is 0 Å². The number of rotatable bonds is 1. The molecule has 2 aliphatic rings. The Kier molecular flexibility index (Phi) is 1.33. The maximum Gasteiger partial charge on any atom is 0.152 e. The molecule has 1 aromatic heterocycles. The van der Waals surface area contributed by atoms with Crippen molar-refractivity contribution in [3.63, 3.8) is 0 Å². The monoisotopic (exact) mass is 181 g/mol. The van der Waals surface area contributed by atoms with Crippen LogP contribution in [0.1, 0.15) is 11.8 Å². The van der Waals surface area contributed by atoms with E-state index in [1.807, 2.05) is 0 Å². The number of ether oxygens (including phenoxy) is 2. The van der Waals surface area contributed by atoms with Crippen molar-refractivity contribution in [1.82, 2.24) is 4.98 Å². The fourth-order valence-electron chi connectivity index (χ4n) is 1.21. The van der Waals surface area contributed by atoms with Crippen LogP contribution in [0.4, 0.5) is 0 Å². The van der Waals surface area contributed by atoms with Crippen molar-refractivity contribution in [1.29, 1.82) is 0 Å². The normalized spacial score (nSPS) is 24.8. The summed E-state index contributed by atoms with van der Waals surface area (Å²) in [6.45, 7) is 0.817. The van der Waals surface area contributed by atoms with Crippen LogP contribution in [0.25, 0.3) is 0 Å². The van der Waals surface area contributed by atoms with Crippen molar-refractivity contribution in [2.75, 3.05) is 12.5 Å². The standard InChI is InChI=1S/C8H7NO2S/c1-5(7-3-10-7)9-2-6-8(1)12-4-11-6/h1-2,7H,3-4H2. The van der Waals surface area contributed by atoms with Crippen LogP contribution in [0.3, 0.4) is 0 Å². The fraction of sp³-hybridized carbons (Fsp3) is 0.375. The van der Waals surface area contributed by atoms with Gasteiger partial charge in [0, 0.05) is 0 Å². The summed E-state index contributed by atoms with van der Waals surface area (Å²) in [6, 6.07) is 2.06. The molecule has 3 nitrogen and oxygen atoms in total. The molecule has 0 spiro atoms. The zero-order valence-electron chi connectivity index (χ0n) is 6.32. The molecule has 3 rings (SSSR count). The van der Waals surface area contributed by atoms with Gasteiger partial charge in [-0.2, -0.15) is 0 Å². The minimum Gasteiger partial charge on any atom is -0.480 e. The molecule has 2 aliphatic heterocycles. The van der Waals surface area contributed by atoms with Gasteiger partial charge >= 0.3 is 0 Å². The third kappa shape index (κ3) is 0.990. The van der Waals surface area contributed by atoms with Gasteiger partial charge in [0.2, 0.25) is 0 Å². The molecule has 12 heavy (non-hydrogen) atoms. The molecule has 1 saturated heterocycles. The Morgan fingerprint density at radius 2 is 2.50 bits per heavy atom. The number of aromatic nitrogens is 1. The number of nitrogens with zero attached hydrogens (tertiary/aromatic N) is 1. The Balaban J connectivity index is 2.03. The summed E-state index contributed by atoms with van der Waals surface area (Å²) in [5, 5.41) is 0. The van der Waals surface area contributed by atoms with Gasteiger partial charge in [0.15, 0.2) is 5.75 Å². The van der Waals surface area contributed by atoms with E-state index in [1.165, 1.54) is 4.90 Å². The van der Waals surface area contributed by atoms with E-state index in [0.29, 0.717) is 5.94 Å². The summed E-state index contributed by atoms with van der Waals surface area (Å²) in [7, 11) is 0. The van der Waals surface area contributed by atoms with Crippen LogP contribution in [0.15, 0.2) is 17.2 Å². The van der Waals surface area contributed by atoms with E-state index in [0.717, 1.165) is 18.1 Å². The molecule has 1 atom stereocenters. The molecule has 0 N–H and O–H groups in total. The lowest BCUT2D eigenvalue weighted by atomic mass is 10.3. The molecule has 62 valence electrons. The van der Waals surface area contributed by atoms with E-state index in [2.05, 4.69) is 11.1 Å². The summed E-state index contributed by atoms with van der Waals surface area (Å²) in [6.07, 6.45) is 2.03. The van der Waals surface area contributed by atoms with E-state index in [4.69, 9.17) is 9.47 Å². The van der Waals surface area contributed by atoms with Crippen LogP contribution in [0, 0.1) is 0 Å². The third-order valence-electron chi connectivity index (χ3n) is 1.94. The second-order valence-corrected chi connectivity index (χ2v) is 3.75. The quantitative estimate of drug-likeness (QED) is 0.616. The molecule has 0 radical (unpaired) electrons. The molecular formula is C8H7NO2S. The second-order valence-electron chi connectivity index (χ2n) is 2.78. The number of thioether (sulfide) groups is 1. The average molecular weight is 181 g/mol. The molecule has 1 aromatic rings. The third-order valence-corrected chi connectivity index (χ3v) is 2.81. The predicted molar refractivity (Wildman–Crippen MR) is 44.3 cm³/mol. The summed E-state index contributed by atoms with van der Waals surface area (Å²) >= 11 is 1.71. The number of hydrogen-bond donors (Lipinski definition) is 0. The minimum atomic E-state index is 0.247. The Hall–Kier alpha value is -0.740. The van der Waals surface area contributed by atoms with Crippen molar-refractivity contribution >= 4 is 11.8 Å². The SMILES string of the molecule is c1nc(C2CO2)cc2c1OCS2. The fourth-order valence-corrected chi connectivity index (χ4v) is 1.98. The van der Waals surface area contributed by atoms with Gasteiger partial charge in [-0.1, -0.05) is 11.8 Å². The van der Waals surface area contributed by atoms with Gasteiger partial charge in [0.05, 0.1) is 23.4 Å². The predicted octanol–water partition coefficient (Wildman–Crippen LogP) is 1.59. The van der Waals surface area contributed by atoms with Gasteiger partial charge in [-0.05, 0) is 6.07 Å². The minimum absolute atomic E-state index is 0.247. The molecule has 3 heterocycles. The van der Waals surface area contributed by atoms with Gasteiger partial charge in [-0.25, -0.2) is 0 Å². The zero-order chi connectivity index (χ0) is 7.97. The smallest absolute Gasteiger partial charge is 0.152 e. The van der Waals surface area contributed by atoms with Gasteiger partial charge < -0.3 is 9.47 Å². The number of hydrogen-bond acceptors (Lipinski definition) is 4. The highest BCUT2D eigenvalue weighted by molar-refractivity contribution is 7.99. The van der Waals surface area contributed by atoms with Crippen molar-refractivity contribution in [3.8, 4) is 5.75 Å². The highest BCUT2D eigenvalue weighted by Gasteiger charge is 2.27. The van der Waals surface area contributed by atoms with E-state index in [-0.39, 0.29) is 6.10 Å². The molecule has 0 bridgehead atoms. The molecule has 0 saturated carbocycles. The topological polar surface area (TPSA) is 34.7 Å². The molecule has 1 fully saturated rings. The first-order valence-corrected chi connectivity index (χ1v) is 4.79. The van der Waals surface area contributed by atoms with Crippen LogP contribution < -0.4 is 4.74 Å². The largest absolute Gasteiger partial charge is 0.480 e. The molecule has 0 amide bonds. The lowest BCUT2D eigenvalue weighted by Gasteiger charge is -1.97. The summed E-state index contributed by atoms with van der Waals surface area (Å²) in [4.78, 5) is 5.44. The van der Waals surface area contributed by atoms with E-state index in [1.54, 1.807) is 18.0 Å². The van der Waals surface area contributed by atoms with Crippen LogP contribution in [0.5, 0.6) is 5.75 Å². The number of pyridine rings is 1. The molecule has 0 aromatic carbocycles. The Morgan fingerprint density at radius 3 is 3.33 bits per heavy atom. The average Bonchev–Trinajstić information content (AvgIpc) is 2.84. The lowest BCUT2D eigenvalue weighted by Crippen LogP contribution is -1.88. The zero-order valence-corrected chi connectivity index (χ0v) is 7.13. The van der Waals surface area contributed by atoms with Crippen molar-refractivity contribution < 1.29 is 9.47 Å². The van der Waals surface area contributed by atoms with Crippen molar-refractivity contribution in [2.45, 2.75) is 11.0 Å². The molecular weight excluding hydrogens is 174 g/mol. The highest BCUT2D eigenvalue weighted by Crippen LogP contribution is 2.38. The summed E-state index contributed by atoms with van der Waals surface area (Å²) in [5.41, 5.74) is 1.03. The molecule has 0 aliphatic carbocycles. The Morgan fingerprint density at radius 1 is 1.58 bits per heavy atom. The van der Waals surface area contributed by atoms with Gasteiger partial charge in [-0.3, -0.25) is 4.98 Å². The lowest BCUT2D eigenvalue weighted by molar-refractivity contribution is 0.392. The van der Waals surface area contributed by atoms with Crippen LogP contribution >= 0.6 is 11.8 Å². The second kappa shape index (κ2) is 2.37. The molecule has 4 heteroatoms. The highest BCUT2D eigenvalue weighted by atomic mass is 32.2. The van der Waals surface area contributed by atoms with Crippen LogP contribution in [-0.2, 0) is 4.74 Å². The van der Waals surface area contributed by atoms with Gasteiger partial charge in [-0.15, -0.1) is 0 Å². The van der Waals surface area contributed by atoms with E-state index < -0.39 is 0 Å². The first-order chi connectivity index (χ1) is 5.93. The Labute approximate surface area is 74.1 Å². The number of epoxide rings is 1. The van der Waals surface area contributed by atoms with Crippen molar-refractivity contribution in [3.05, 3.63) is 18.0 Å². The summed E-state index contributed by atoms with van der Waals surface area (Å²) in [5.74, 6) is 1.62. The van der Waals surface area contributed by atoms with Crippen LogP contribution in [-0.4, -0.2) is 17.5 Å². The molecule has 1 unspecified atom stereocenters. The summed E-state index contributed by atoms with van der Waals surface area (Å²) < 4.78 is 10.5. The first kappa shape index (κ1) is 6.74. The van der Waals surface area contributed by atoms with Crippen LogP contribution in [0.2, 0.25) is 0 Å². The maximum absolute atomic E-state index is 5.31. The van der Waals surface area contributed by atoms with Gasteiger partial charge in [0.1, 0.15) is 12.0 Å². The number of fused-ring (bicyclic) bond motifs is 1. The Bertz CT molecular complexity index is 325. The first-order valence-electron chi connectivity index (χ1n) is 3.80. The maximum atomic E-state index is 5.31. The van der Waals surface area contributed by atoms with Gasteiger partial charge in [0.25, 0.3) is 0 Å². The van der Waals surface area contributed by atoms with E-state index in [9.17, 15) is 0 Å². The van der Waals surface area contributed by atoms with Crippen molar-refractivity contribution in [2.24, 2.45) is 0 Å².